The number of aliphatic carboxylic acids is 1. The van der Waals surface area contributed by atoms with Crippen molar-refractivity contribution in [2.75, 3.05) is 19.6 Å². The summed E-state index contributed by atoms with van der Waals surface area (Å²) in [5.74, 6) is -4.49. The zero-order valence-corrected chi connectivity index (χ0v) is 23.4. The first-order valence-corrected chi connectivity index (χ1v) is 12.7. The molecule has 0 aliphatic heterocycles. The number of carboxylic acids is 1. The third-order valence-electron chi connectivity index (χ3n) is 4.86. The van der Waals surface area contributed by atoms with E-state index in [1.54, 1.807) is 81.4 Å². The number of carbonyl (C=O) groups is 6. The van der Waals surface area contributed by atoms with Crippen LogP contribution in [-0.4, -0.2) is 66.0 Å². The van der Waals surface area contributed by atoms with Crippen LogP contribution in [0.2, 0.25) is 0 Å². The molecular formula is C29H33N5O8. The molecule has 222 valence electrons. The van der Waals surface area contributed by atoms with E-state index >= 15 is 0 Å². The van der Waals surface area contributed by atoms with Crippen LogP contribution in [0.4, 0.5) is 4.79 Å². The molecule has 0 saturated carbocycles. The van der Waals surface area contributed by atoms with Gasteiger partial charge >= 0.3 is 12.1 Å². The highest BCUT2D eigenvalue weighted by Crippen LogP contribution is 2.08. The molecule has 2 aromatic carbocycles. The van der Waals surface area contributed by atoms with E-state index in [0.29, 0.717) is 11.1 Å². The Hall–Kier alpha value is -5.46. The quantitative estimate of drug-likeness (QED) is 0.202. The van der Waals surface area contributed by atoms with E-state index in [4.69, 9.17) is 9.84 Å². The lowest BCUT2D eigenvalue weighted by atomic mass is 10.2. The molecule has 0 saturated heterocycles. The maximum Gasteiger partial charge on any atom is 0.408 e. The van der Waals surface area contributed by atoms with Crippen molar-refractivity contribution in [2.24, 2.45) is 0 Å². The van der Waals surface area contributed by atoms with Crippen molar-refractivity contribution in [3.63, 3.8) is 0 Å². The average molecular weight is 580 g/mol. The third kappa shape index (κ3) is 13.1. The minimum absolute atomic E-state index is 0.218. The van der Waals surface area contributed by atoms with Gasteiger partial charge in [-0.15, -0.1) is 0 Å². The van der Waals surface area contributed by atoms with Crippen LogP contribution in [0.15, 0.2) is 72.1 Å². The normalized spacial score (nSPS) is 11.5. The molecule has 42 heavy (non-hydrogen) atoms. The summed E-state index contributed by atoms with van der Waals surface area (Å²) in [4.78, 5) is 73.3. The number of hydrogen-bond acceptors (Lipinski definition) is 7. The smallest absolute Gasteiger partial charge is 0.408 e. The van der Waals surface area contributed by atoms with Crippen molar-refractivity contribution in [2.45, 2.75) is 26.4 Å². The predicted octanol–water partition coefficient (Wildman–Crippen LogP) is 1.14. The van der Waals surface area contributed by atoms with Crippen molar-refractivity contribution >= 4 is 47.8 Å². The van der Waals surface area contributed by atoms with E-state index in [9.17, 15) is 28.8 Å². The summed E-state index contributed by atoms with van der Waals surface area (Å²) in [6.07, 6.45) is 1.90. The van der Waals surface area contributed by atoms with Crippen LogP contribution < -0.4 is 26.6 Å². The van der Waals surface area contributed by atoms with Crippen LogP contribution in [0.5, 0.6) is 0 Å². The molecular weight excluding hydrogens is 546 g/mol. The Bertz CT molecular complexity index is 1350. The van der Waals surface area contributed by atoms with Crippen LogP contribution in [0.3, 0.4) is 0 Å². The van der Waals surface area contributed by atoms with E-state index in [1.165, 1.54) is 12.2 Å². The zero-order valence-electron chi connectivity index (χ0n) is 23.4. The molecule has 2 rings (SSSR count). The summed E-state index contributed by atoms with van der Waals surface area (Å²) in [7, 11) is 0. The summed E-state index contributed by atoms with van der Waals surface area (Å²) in [5, 5.41) is 20.4. The number of amides is 5. The fourth-order valence-electron chi connectivity index (χ4n) is 3.11. The highest BCUT2D eigenvalue weighted by molar-refractivity contribution is 6.05. The Morgan fingerprint density at radius 1 is 0.667 bits per heavy atom. The van der Waals surface area contributed by atoms with Gasteiger partial charge in [-0.3, -0.25) is 24.0 Å². The number of carboxylic acid groups (broad SMARTS) is 1. The molecule has 0 spiro atoms. The van der Waals surface area contributed by atoms with Crippen molar-refractivity contribution in [1.82, 2.24) is 26.6 Å². The number of benzene rings is 2. The first-order chi connectivity index (χ1) is 19.8. The first kappa shape index (κ1) is 32.8. The Labute approximate surface area is 242 Å². The lowest BCUT2D eigenvalue weighted by Gasteiger charge is -2.19. The SMILES string of the molecule is CC(C)(C)OC(=O)NCC(=O)N/C(=C\c1ccccc1)C(=O)NCC(=O)N/C(=C\c1ccccc1)C(=O)NCC(=O)O. The van der Waals surface area contributed by atoms with Gasteiger partial charge in [0.15, 0.2) is 0 Å². The van der Waals surface area contributed by atoms with Gasteiger partial charge in [0.1, 0.15) is 30.1 Å². The van der Waals surface area contributed by atoms with Crippen LogP contribution in [0.1, 0.15) is 31.9 Å². The van der Waals surface area contributed by atoms with E-state index in [1.807, 2.05) is 0 Å². The molecule has 0 unspecified atom stereocenters. The van der Waals surface area contributed by atoms with E-state index in [0.717, 1.165) is 0 Å². The Morgan fingerprint density at radius 2 is 1.07 bits per heavy atom. The molecule has 6 N–H and O–H groups in total. The largest absolute Gasteiger partial charge is 0.480 e. The maximum absolute atomic E-state index is 13.0. The van der Waals surface area contributed by atoms with Gasteiger partial charge in [0.05, 0.1) is 6.54 Å². The second kappa shape index (κ2) is 16.0. The van der Waals surface area contributed by atoms with Gasteiger partial charge in [0.2, 0.25) is 11.8 Å². The second-order valence-electron chi connectivity index (χ2n) is 9.65. The predicted molar refractivity (Wildman–Crippen MR) is 153 cm³/mol. The van der Waals surface area contributed by atoms with Crippen LogP contribution >= 0.6 is 0 Å². The Morgan fingerprint density at radius 3 is 1.48 bits per heavy atom. The minimum Gasteiger partial charge on any atom is -0.480 e. The van der Waals surface area contributed by atoms with Crippen LogP contribution in [0, 0.1) is 0 Å². The molecule has 5 amide bonds. The van der Waals surface area contributed by atoms with Crippen molar-refractivity contribution in [3.8, 4) is 0 Å². The van der Waals surface area contributed by atoms with Crippen molar-refractivity contribution < 1.29 is 38.6 Å². The fourth-order valence-corrected chi connectivity index (χ4v) is 3.11. The number of carbonyl (C=O) groups excluding carboxylic acids is 5. The topological polar surface area (TPSA) is 192 Å². The maximum atomic E-state index is 13.0. The second-order valence-corrected chi connectivity index (χ2v) is 9.65. The van der Waals surface area contributed by atoms with Gasteiger partial charge < -0.3 is 36.4 Å². The van der Waals surface area contributed by atoms with Gasteiger partial charge in [-0.25, -0.2) is 4.79 Å². The van der Waals surface area contributed by atoms with Gasteiger partial charge in [0, 0.05) is 0 Å². The summed E-state index contributed by atoms with van der Waals surface area (Å²) in [6.45, 7) is 3.22. The first-order valence-electron chi connectivity index (χ1n) is 12.7. The lowest BCUT2D eigenvalue weighted by Crippen LogP contribution is -2.44. The molecule has 0 fully saturated rings. The average Bonchev–Trinajstić information content (AvgIpc) is 2.93. The van der Waals surface area contributed by atoms with Gasteiger partial charge in [-0.1, -0.05) is 60.7 Å². The highest BCUT2D eigenvalue weighted by atomic mass is 16.6. The summed E-state index contributed by atoms with van der Waals surface area (Å²) >= 11 is 0. The monoisotopic (exact) mass is 579 g/mol. The molecule has 0 heterocycles. The molecule has 13 nitrogen and oxygen atoms in total. The standard InChI is InChI=1S/C29H33N5O8/c1-29(2,3)42-28(41)32-17-24(36)34-21(14-19-10-6-4-7-11-19)26(39)30-16-23(35)33-22(27(40)31-18-25(37)38)15-20-12-8-5-9-13-20/h4-15H,16-18H2,1-3H3,(H,30,39)(H,31,40)(H,32,41)(H,33,35)(H,34,36)(H,37,38)/b21-14-,22-15-. The lowest BCUT2D eigenvalue weighted by molar-refractivity contribution is -0.137. The van der Waals surface area contributed by atoms with E-state index < -0.39 is 60.9 Å². The number of alkyl carbamates (subject to hydrolysis) is 1. The van der Waals surface area contributed by atoms with Crippen molar-refractivity contribution in [3.05, 3.63) is 83.2 Å². The number of rotatable bonds is 12. The van der Waals surface area contributed by atoms with E-state index in [-0.39, 0.29) is 11.4 Å². The van der Waals surface area contributed by atoms with Gasteiger partial charge in [-0.05, 0) is 44.1 Å². The fraction of sp³-hybridized carbons (Fsp3) is 0.241. The molecule has 0 radical (unpaired) electrons. The molecule has 2 aromatic rings. The summed E-state index contributed by atoms with van der Waals surface area (Å²) in [5.41, 5.74) is -0.117. The molecule has 0 bridgehead atoms. The number of nitrogens with one attached hydrogen (secondary N) is 5. The van der Waals surface area contributed by atoms with Gasteiger partial charge in [-0.2, -0.15) is 0 Å². The zero-order chi connectivity index (χ0) is 31.1. The Balaban J connectivity index is 2.10. The summed E-state index contributed by atoms with van der Waals surface area (Å²) < 4.78 is 5.08. The molecule has 0 aliphatic rings. The van der Waals surface area contributed by atoms with Crippen LogP contribution in [0.25, 0.3) is 12.2 Å². The number of hydrogen-bond donors (Lipinski definition) is 6. The number of ether oxygens (including phenoxy) is 1. The van der Waals surface area contributed by atoms with Crippen molar-refractivity contribution in [1.29, 1.82) is 0 Å². The molecule has 0 aliphatic carbocycles. The highest BCUT2D eigenvalue weighted by Gasteiger charge is 2.19. The molecule has 0 atom stereocenters. The third-order valence-corrected chi connectivity index (χ3v) is 4.86. The molecule has 0 aromatic heterocycles. The van der Waals surface area contributed by atoms with Gasteiger partial charge in [0.25, 0.3) is 11.8 Å². The molecule has 13 heteroatoms. The summed E-state index contributed by atoms with van der Waals surface area (Å²) in [6, 6.07) is 17.1. The van der Waals surface area contributed by atoms with Crippen LogP contribution in [-0.2, 0) is 28.7 Å². The minimum atomic E-state index is -1.28. The Kier molecular flexibility index (Phi) is 12.4. The van der Waals surface area contributed by atoms with E-state index in [2.05, 4.69) is 26.6 Å².